The van der Waals surface area contributed by atoms with E-state index in [0.717, 1.165) is 17.7 Å². The molecule has 0 aliphatic carbocycles. The summed E-state index contributed by atoms with van der Waals surface area (Å²) >= 11 is 1.28. The molecule has 158 valence electrons. The van der Waals surface area contributed by atoms with E-state index in [1.165, 1.54) is 23.5 Å². The van der Waals surface area contributed by atoms with Crippen molar-refractivity contribution in [2.24, 2.45) is 0 Å². The number of benzene rings is 2. The smallest absolute Gasteiger partial charge is 0.326 e. The number of nitrogens with one attached hydrogen (secondary N) is 2. The summed E-state index contributed by atoms with van der Waals surface area (Å²) in [6.45, 7) is 1.81. The van der Waals surface area contributed by atoms with Crippen molar-refractivity contribution in [3.63, 3.8) is 0 Å². The summed E-state index contributed by atoms with van der Waals surface area (Å²) in [6, 6.07) is 11.9. The Morgan fingerprint density at radius 1 is 1.03 bits per heavy atom. The van der Waals surface area contributed by atoms with E-state index in [4.69, 9.17) is 0 Å². The normalized spacial score (nSPS) is 11.5. The Morgan fingerprint density at radius 2 is 1.71 bits per heavy atom. The standard InChI is InChI=1S/C21H16F3N5OS/c1-12-25-19(29-28-12)13-4-8-16(9-5-13)26-18(30)10-17-11-31-20(27-17)14-2-6-15(7-3-14)21(22,23)24/h2-9,11H,10H2,1H3,(H,26,30)(H,25,28,29). The van der Waals surface area contributed by atoms with Crippen molar-refractivity contribution in [3.05, 3.63) is 71.0 Å². The van der Waals surface area contributed by atoms with Gasteiger partial charge >= 0.3 is 6.18 Å². The zero-order valence-electron chi connectivity index (χ0n) is 16.2. The van der Waals surface area contributed by atoms with Gasteiger partial charge in [0.05, 0.1) is 17.7 Å². The zero-order valence-corrected chi connectivity index (χ0v) is 17.0. The quantitative estimate of drug-likeness (QED) is 0.449. The molecule has 6 nitrogen and oxygen atoms in total. The number of hydrogen-bond acceptors (Lipinski definition) is 5. The Hall–Kier alpha value is -3.53. The van der Waals surface area contributed by atoms with Crippen molar-refractivity contribution in [1.29, 1.82) is 0 Å². The lowest BCUT2D eigenvalue weighted by Gasteiger charge is -2.06. The predicted octanol–water partition coefficient (Wildman–Crippen LogP) is 5.10. The Balaban J connectivity index is 1.38. The van der Waals surface area contributed by atoms with Gasteiger partial charge in [-0.2, -0.15) is 18.3 Å². The monoisotopic (exact) mass is 443 g/mol. The van der Waals surface area contributed by atoms with Crippen LogP contribution in [0.3, 0.4) is 0 Å². The number of anilines is 1. The van der Waals surface area contributed by atoms with E-state index in [-0.39, 0.29) is 12.3 Å². The molecule has 0 spiro atoms. The molecule has 2 aromatic heterocycles. The molecule has 0 unspecified atom stereocenters. The van der Waals surface area contributed by atoms with Crippen molar-refractivity contribution in [2.75, 3.05) is 5.32 Å². The summed E-state index contributed by atoms with van der Waals surface area (Å²) in [5.41, 5.74) is 1.85. The average molecular weight is 443 g/mol. The van der Waals surface area contributed by atoms with E-state index in [1.54, 1.807) is 17.5 Å². The number of rotatable bonds is 5. The summed E-state index contributed by atoms with van der Waals surface area (Å²) in [5.74, 6) is 1.05. The number of aryl methyl sites for hydroxylation is 1. The van der Waals surface area contributed by atoms with E-state index >= 15 is 0 Å². The minimum absolute atomic E-state index is 0.0546. The van der Waals surface area contributed by atoms with Gasteiger partial charge in [0.15, 0.2) is 5.82 Å². The molecular formula is C21H16F3N5OS. The fourth-order valence-corrected chi connectivity index (χ4v) is 3.69. The highest BCUT2D eigenvalue weighted by molar-refractivity contribution is 7.13. The second-order valence-electron chi connectivity index (χ2n) is 6.77. The van der Waals surface area contributed by atoms with Crippen LogP contribution in [0.25, 0.3) is 22.0 Å². The number of amides is 1. The first-order valence-electron chi connectivity index (χ1n) is 9.19. The minimum Gasteiger partial charge on any atom is -0.326 e. The number of thiazole rings is 1. The number of aromatic nitrogens is 4. The van der Waals surface area contributed by atoms with E-state index < -0.39 is 11.7 Å². The number of H-pyrrole nitrogens is 1. The minimum atomic E-state index is -4.38. The van der Waals surface area contributed by atoms with Crippen LogP contribution in [0.4, 0.5) is 18.9 Å². The van der Waals surface area contributed by atoms with Gasteiger partial charge in [0, 0.05) is 22.2 Å². The molecule has 0 atom stereocenters. The lowest BCUT2D eigenvalue weighted by Crippen LogP contribution is -2.14. The average Bonchev–Trinajstić information content (AvgIpc) is 3.37. The number of nitrogens with zero attached hydrogens (tertiary/aromatic N) is 3. The SMILES string of the molecule is Cc1nc(-c2ccc(NC(=O)Cc3csc(-c4ccc(C(F)(F)F)cc4)n3)cc2)n[nH]1. The van der Waals surface area contributed by atoms with Crippen LogP contribution in [0.1, 0.15) is 17.1 Å². The van der Waals surface area contributed by atoms with Crippen molar-refractivity contribution in [2.45, 2.75) is 19.5 Å². The van der Waals surface area contributed by atoms with Gasteiger partial charge in [0.1, 0.15) is 10.8 Å². The number of halogens is 3. The van der Waals surface area contributed by atoms with Crippen LogP contribution < -0.4 is 5.32 Å². The molecule has 31 heavy (non-hydrogen) atoms. The van der Waals surface area contributed by atoms with Crippen LogP contribution in [0.15, 0.2) is 53.9 Å². The van der Waals surface area contributed by atoms with Gasteiger partial charge in [0.25, 0.3) is 0 Å². The number of carbonyl (C=O) groups is 1. The summed E-state index contributed by atoms with van der Waals surface area (Å²) in [6.07, 6.45) is -4.32. The summed E-state index contributed by atoms with van der Waals surface area (Å²) in [4.78, 5) is 21.0. The number of aromatic amines is 1. The molecule has 4 aromatic rings. The molecule has 10 heteroatoms. The third-order valence-corrected chi connectivity index (χ3v) is 5.32. The molecule has 0 bridgehead atoms. The molecular weight excluding hydrogens is 427 g/mol. The highest BCUT2D eigenvalue weighted by Gasteiger charge is 2.30. The van der Waals surface area contributed by atoms with Crippen molar-refractivity contribution in [3.8, 4) is 22.0 Å². The van der Waals surface area contributed by atoms with E-state index in [0.29, 0.717) is 33.6 Å². The largest absolute Gasteiger partial charge is 0.416 e. The Labute approximate surface area is 179 Å². The maximum Gasteiger partial charge on any atom is 0.416 e. The fraction of sp³-hybridized carbons (Fsp3) is 0.143. The number of alkyl halides is 3. The number of carbonyl (C=O) groups excluding carboxylic acids is 1. The topological polar surface area (TPSA) is 83.6 Å². The first-order chi connectivity index (χ1) is 14.8. The van der Waals surface area contributed by atoms with E-state index in [2.05, 4.69) is 25.5 Å². The van der Waals surface area contributed by atoms with Gasteiger partial charge < -0.3 is 5.32 Å². The first kappa shape index (κ1) is 20.7. The van der Waals surface area contributed by atoms with E-state index in [9.17, 15) is 18.0 Å². The molecule has 1 amide bonds. The molecule has 0 aliphatic rings. The van der Waals surface area contributed by atoms with Gasteiger partial charge in [-0.25, -0.2) is 9.97 Å². The Bertz CT molecular complexity index is 1200. The lowest BCUT2D eigenvalue weighted by atomic mass is 10.1. The van der Waals surface area contributed by atoms with Crippen LogP contribution in [0.2, 0.25) is 0 Å². The molecule has 2 heterocycles. The molecule has 0 fully saturated rings. The Kier molecular flexibility index (Phi) is 5.55. The lowest BCUT2D eigenvalue weighted by molar-refractivity contribution is -0.137. The maximum atomic E-state index is 12.7. The highest BCUT2D eigenvalue weighted by atomic mass is 32.1. The van der Waals surface area contributed by atoms with Crippen molar-refractivity contribution >= 4 is 22.9 Å². The second kappa shape index (κ2) is 8.31. The molecule has 2 N–H and O–H groups in total. The van der Waals surface area contributed by atoms with Crippen molar-refractivity contribution < 1.29 is 18.0 Å². The first-order valence-corrected chi connectivity index (χ1v) is 10.1. The maximum absolute atomic E-state index is 12.7. The third-order valence-electron chi connectivity index (χ3n) is 4.38. The van der Waals surface area contributed by atoms with Crippen LogP contribution in [0, 0.1) is 6.92 Å². The van der Waals surface area contributed by atoms with E-state index in [1.807, 2.05) is 19.1 Å². The van der Waals surface area contributed by atoms with Gasteiger partial charge in [-0.1, -0.05) is 12.1 Å². The zero-order chi connectivity index (χ0) is 22.0. The van der Waals surface area contributed by atoms with Gasteiger partial charge in [0.2, 0.25) is 5.91 Å². The fourth-order valence-electron chi connectivity index (χ4n) is 2.87. The number of hydrogen-bond donors (Lipinski definition) is 2. The van der Waals surface area contributed by atoms with Gasteiger partial charge in [-0.05, 0) is 43.3 Å². The molecule has 0 saturated carbocycles. The second-order valence-corrected chi connectivity index (χ2v) is 7.62. The highest BCUT2D eigenvalue weighted by Crippen LogP contribution is 2.31. The molecule has 0 saturated heterocycles. The van der Waals surface area contributed by atoms with Crippen LogP contribution in [-0.2, 0) is 17.4 Å². The Morgan fingerprint density at radius 3 is 2.32 bits per heavy atom. The van der Waals surface area contributed by atoms with Crippen LogP contribution in [-0.4, -0.2) is 26.1 Å². The molecule has 2 aromatic carbocycles. The third kappa shape index (κ3) is 4.97. The summed E-state index contributed by atoms with van der Waals surface area (Å²) in [7, 11) is 0. The van der Waals surface area contributed by atoms with Gasteiger partial charge in [-0.15, -0.1) is 11.3 Å². The predicted molar refractivity (Wildman–Crippen MR) is 111 cm³/mol. The molecule has 0 radical (unpaired) electrons. The van der Waals surface area contributed by atoms with Crippen LogP contribution in [0.5, 0.6) is 0 Å². The van der Waals surface area contributed by atoms with Gasteiger partial charge in [-0.3, -0.25) is 9.89 Å². The molecule has 0 aliphatic heterocycles. The summed E-state index contributed by atoms with van der Waals surface area (Å²) < 4.78 is 38.1. The molecule has 4 rings (SSSR count). The van der Waals surface area contributed by atoms with Crippen molar-refractivity contribution in [1.82, 2.24) is 20.2 Å². The summed E-state index contributed by atoms with van der Waals surface area (Å²) in [5, 5.41) is 11.9. The van der Waals surface area contributed by atoms with Crippen LogP contribution >= 0.6 is 11.3 Å².